The number of nitrogens with one attached hydrogen (secondary N) is 1. The highest BCUT2D eigenvalue weighted by Gasteiger charge is 2.32. The molecular weight excluding hydrogens is 352 g/mol. The fourth-order valence-electron chi connectivity index (χ4n) is 2.40. The van der Waals surface area contributed by atoms with E-state index in [1.165, 1.54) is 25.1 Å². The molecule has 1 aromatic heterocycles. The van der Waals surface area contributed by atoms with E-state index in [1.807, 2.05) is 0 Å². The predicted molar refractivity (Wildman–Crippen MR) is 87.5 cm³/mol. The third kappa shape index (κ3) is 3.34. The molecule has 25 heavy (non-hydrogen) atoms. The number of esters is 1. The Hall–Kier alpha value is -2.87. The molecule has 0 unspecified atom stereocenters. The van der Waals surface area contributed by atoms with Gasteiger partial charge >= 0.3 is 12.0 Å². The number of ether oxygens (including phenoxy) is 1. The first kappa shape index (κ1) is 17.0. The molecule has 1 saturated heterocycles. The van der Waals surface area contributed by atoms with Gasteiger partial charge in [-0.05, 0) is 25.1 Å². The standard InChI is InChI=1S/C16H13ClN2O6/c1-8(14(21)19-5-4-18-16(19)23)24-15(22)13-7-11(20)10-6-9(17)2-3-12(10)25-13/h2-3,6-8H,4-5H2,1H3,(H,18,23)/t8-/m1/s1. The van der Waals surface area contributed by atoms with E-state index >= 15 is 0 Å². The molecule has 8 nitrogen and oxygen atoms in total. The maximum Gasteiger partial charge on any atom is 0.375 e. The number of halogens is 1. The first-order chi connectivity index (χ1) is 11.9. The van der Waals surface area contributed by atoms with E-state index in [2.05, 4.69) is 5.32 Å². The maximum absolute atomic E-state index is 12.2. The lowest BCUT2D eigenvalue weighted by Gasteiger charge is -2.17. The van der Waals surface area contributed by atoms with Crippen LogP contribution in [0.25, 0.3) is 11.0 Å². The summed E-state index contributed by atoms with van der Waals surface area (Å²) in [6, 6.07) is 4.83. The van der Waals surface area contributed by atoms with E-state index < -0.39 is 29.4 Å². The minimum atomic E-state index is -1.21. The Labute approximate surface area is 146 Å². The number of fused-ring (bicyclic) bond motifs is 1. The van der Waals surface area contributed by atoms with Gasteiger partial charge in [-0.1, -0.05) is 11.6 Å². The summed E-state index contributed by atoms with van der Waals surface area (Å²) in [5.74, 6) is -1.97. The monoisotopic (exact) mass is 364 g/mol. The zero-order valence-electron chi connectivity index (χ0n) is 13.1. The van der Waals surface area contributed by atoms with Crippen LogP contribution in [-0.4, -0.2) is 42.0 Å². The molecule has 0 spiro atoms. The smallest absolute Gasteiger partial charge is 0.375 e. The Morgan fingerprint density at radius 3 is 2.76 bits per heavy atom. The summed E-state index contributed by atoms with van der Waals surface area (Å²) in [7, 11) is 0. The lowest BCUT2D eigenvalue weighted by molar-refractivity contribution is -0.136. The number of urea groups is 1. The van der Waals surface area contributed by atoms with Crippen molar-refractivity contribution in [3.63, 3.8) is 0 Å². The van der Waals surface area contributed by atoms with Gasteiger partial charge in [-0.2, -0.15) is 0 Å². The fraction of sp³-hybridized carbons (Fsp3) is 0.250. The minimum absolute atomic E-state index is 0.168. The molecule has 1 aromatic carbocycles. The van der Waals surface area contributed by atoms with E-state index in [-0.39, 0.29) is 23.3 Å². The Balaban J connectivity index is 1.80. The number of carbonyl (C=O) groups excluding carboxylic acids is 3. The van der Waals surface area contributed by atoms with Crippen molar-refractivity contribution in [3.8, 4) is 0 Å². The number of amides is 3. The Morgan fingerprint density at radius 1 is 1.32 bits per heavy atom. The number of hydrogen-bond donors (Lipinski definition) is 1. The first-order valence-corrected chi connectivity index (χ1v) is 7.78. The normalized spacial score (nSPS) is 15.1. The summed E-state index contributed by atoms with van der Waals surface area (Å²) in [5.41, 5.74) is -0.296. The number of carbonyl (C=O) groups is 3. The Morgan fingerprint density at radius 2 is 2.08 bits per heavy atom. The summed E-state index contributed by atoms with van der Waals surface area (Å²) in [4.78, 5) is 48.8. The van der Waals surface area contributed by atoms with Crippen molar-refractivity contribution < 1.29 is 23.5 Å². The van der Waals surface area contributed by atoms with Crippen LogP contribution in [0.3, 0.4) is 0 Å². The Kier molecular flexibility index (Phi) is 4.45. The van der Waals surface area contributed by atoms with Gasteiger partial charge in [-0.3, -0.25) is 14.5 Å². The van der Waals surface area contributed by atoms with Gasteiger partial charge in [0.25, 0.3) is 5.91 Å². The summed E-state index contributed by atoms with van der Waals surface area (Å²) in [6.07, 6.45) is -1.21. The molecular formula is C16H13ClN2O6. The van der Waals surface area contributed by atoms with Gasteiger partial charge in [0, 0.05) is 24.2 Å². The highest BCUT2D eigenvalue weighted by atomic mass is 35.5. The molecule has 1 aliphatic rings. The summed E-state index contributed by atoms with van der Waals surface area (Å²) >= 11 is 5.82. The van der Waals surface area contributed by atoms with Gasteiger partial charge in [0.2, 0.25) is 5.76 Å². The van der Waals surface area contributed by atoms with Crippen LogP contribution in [0.2, 0.25) is 5.02 Å². The van der Waals surface area contributed by atoms with Crippen molar-refractivity contribution in [2.24, 2.45) is 0 Å². The van der Waals surface area contributed by atoms with Crippen LogP contribution in [0.15, 0.2) is 33.5 Å². The minimum Gasteiger partial charge on any atom is -0.449 e. The second kappa shape index (κ2) is 6.56. The molecule has 130 valence electrons. The van der Waals surface area contributed by atoms with Crippen molar-refractivity contribution in [3.05, 3.63) is 45.3 Å². The van der Waals surface area contributed by atoms with Gasteiger partial charge in [0.15, 0.2) is 11.5 Å². The van der Waals surface area contributed by atoms with Crippen LogP contribution >= 0.6 is 11.6 Å². The highest BCUT2D eigenvalue weighted by Crippen LogP contribution is 2.18. The Bertz CT molecular complexity index is 938. The number of benzene rings is 1. The van der Waals surface area contributed by atoms with Gasteiger partial charge in [0.05, 0.1) is 5.39 Å². The maximum atomic E-state index is 12.2. The molecule has 1 atom stereocenters. The molecule has 0 aliphatic carbocycles. The number of imide groups is 1. The zero-order valence-corrected chi connectivity index (χ0v) is 13.8. The topological polar surface area (TPSA) is 106 Å². The summed E-state index contributed by atoms with van der Waals surface area (Å²) in [6.45, 7) is 1.88. The average Bonchev–Trinajstić information content (AvgIpc) is 3.00. The molecule has 1 fully saturated rings. The second-order valence-electron chi connectivity index (χ2n) is 5.38. The first-order valence-electron chi connectivity index (χ1n) is 7.40. The molecule has 0 bridgehead atoms. The lowest BCUT2D eigenvalue weighted by atomic mass is 10.2. The van der Waals surface area contributed by atoms with Crippen molar-refractivity contribution in [1.82, 2.24) is 10.2 Å². The van der Waals surface area contributed by atoms with E-state index in [4.69, 9.17) is 20.8 Å². The van der Waals surface area contributed by atoms with Crippen LogP contribution in [0.4, 0.5) is 4.79 Å². The fourth-order valence-corrected chi connectivity index (χ4v) is 2.57. The van der Waals surface area contributed by atoms with E-state index in [1.54, 1.807) is 0 Å². The second-order valence-corrected chi connectivity index (χ2v) is 5.82. The molecule has 1 N–H and O–H groups in total. The van der Waals surface area contributed by atoms with Gasteiger partial charge in [-0.15, -0.1) is 0 Å². The summed E-state index contributed by atoms with van der Waals surface area (Å²) in [5, 5.41) is 3.06. The van der Waals surface area contributed by atoms with Crippen LogP contribution in [0.5, 0.6) is 0 Å². The van der Waals surface area contributed by atoms with Crippen molar-refractivity contribution in [2.45, 2.75) is 13.0 Å². The van der Waals surface area contributed by atoms with Gasteiger partial charge in [-0.25, -0.2) is 9.59 Å². The molecule has 0 saturated carbocycles. The number of hydrogen-bond acceptors (Lipinski definition) is 6. The van der Waals surface area contributed by atoms with Gasteiger partial charge in [0.1, 0.15) is 5.58 Å². The molecule has 2 aromatic rings. The average molecular weight is 365 g/mol. The van der Waals surface area contributed by atoms with Gasteiger partial charge < -0.3 is 14.5 Å². The van der Waals surface area contributed by atoms with Crippen LogP contribution in [0, 0.1) is 0 Å². The molecule has 2 heterocycles. The molecule has 0 radical (unpaired) electrons. The molecule has 3 amide bonds. The third-order valence-electron chi connectivity index (χ3n) is 3.64. The number of rotatable bonds is 3. The predicted octanol–water partition coefficient (Wildman–Crippen LogP) is 1.54. The van der Waals surface area contributed by atoms with E-state index in [0.29, 0.717) is 11.6 Å². The third-order valence-corrected chi connectivity index (χ3v) is 3.88. The van der Waals surface area contributed by atoms with Crippen LogP contribution < -0.4 is 10.7 Å². The summed E-state index contributed by atoms with van der Waals surface area (Å²) < 4.78 is 10.4. The largest absolute Gasteiger partial charge is 0.449 e. The van der Waals surface area contributed by atoms with E-state index in [0.717, 1.165) is 11.0 Å². The molecule has 1 aliphatic heterocycles. The van der Waals surface area contributed by atoms with Crippen molar-refractivity contribution in [2.75, 3.05) is 13.1 Å². The quantitative estimate of drug-likeness (QED) is 0.828. The van der Waals surface area contributed by atoms with Crippen LogP contribution in [-0.2, 0) is 9.53 Å². The molecule has 9 heteroatoms. The zero-order chi connectivity index (χ0) is 18.1. The number of nitrogens with zero attached hydrogens (tertiary/aromatic N) is 1. The molecule has 3 rings (SSSR count). The van der Waals surface area contributed by atoms with E-state index in [9.17, 15) is 19.2 Å². The highest BCUT2D eigenvalue weighted by molar-refractivity contribution is 6.31. The van der Waals surface area contributed by atoms with Crippen LogP contribution in [0.1, 0.15) is 17.5 Å². The van der Waals surface area contributed by atoms with Crippen molar-refractivity contribution >= 4 is 40.5 Å². The van der Waals surface area contributed by atoms with Crippen molar-refractivity contribution in [1.29, 1.82) is 0 Å². The SMILES string of the molecule is C[C@@H](OC(=O)c1cc(=O)c2cc(Cl)ccc2o1)C(=O)N1CCNC1=O. The lowest BCUT2D eigenvalue weighted by Crippen LogP contribution is -2.41.